The molecule has 0 aromatic rings. The van der Waals surface area contributed by atoms with Crippen LogP contribution in [0.4, 0.5) is 0 Å². The molecule has 1 amide bonds. The Balaban J connectivity index is 3.50. The third-order valence-electron chi connectivity index (χ3n) is 12.1. The fourth-order valence-corrected chi connectivity index (χ4v) is 7.91. The minimum Gasteiger partial charge on any atom is -0.466 e. The molecule has 0 aromatic heterocycles. The first-order chi connectivity index (χ1) is 30.5. The Hall–Kier alpha value is -2.18. The summed E-state index contributed by atoms with van der Waals surface area (Å²) >= 11 is 0. The number of aliphatic hydroxyl groups is 2. The number of esters is 1. The summed E-state index contributed by atoms with van der Waals surface area (Å²) in [6.45, 7) is 4.83. The number of unbranched alkanes of at least 4 members (excludes halogenated alkanes) is 33. The van der Waals surface area contributed by atoms with Gasteiger partial charge in [0.1, 0.15) is 0 Å². The highest BCUT2D eigenvalue weighted by Crippen LogP contribution is 2.15. The molecule has 362 valence electrons. The molecule has 62 heavy (non-hydrogen) atoms. The van der Waals surface area contributed by atoms with Gasteiger partial charge in [0.05, 0.1) is 25.4 Å². The number of carbonyl (C=O) groups is 2. The van der Waals surface area contributed by atoms with Crippen molar-refractivity contribution in [3.63, 3.8) is 0 Å². The number of ether oxygens (including phenoxy) is 1. The van der Waals surface area contributed by atoms with Crippen LogP contribution in [-0.4, -0.2) is 47.4 Å². The molecule has 3 N–H and O–H groups in total. The minimum atomic E-state index is -0.850. The molecule has 6 heteroatoms. The van der Waals surface area contributed by atoms with E-state index in [1.807, 2.05) is 6.08 Å². The average Bonchev–Trinajstić information content (AvgIpc) is 3.27. The maximum atomic E-state index is 12.4. The average molecular weight is 870 g/mol. The van der Waals surface area contributed by atoms with Gasteiger partial charge in [-0.15, -0.1) is 0 Å². The van der Waals surface area contributed by atoms with E-state index in [0.29, 0.717) is 19.4 Å². The molecular weight excluding hydrogens is 767 g/mol. The van der Waals surface area contributed by atoms with Crippen molar-refractivity contribution in [2.45, 2.75) is 283 Å². The monoisotopic (exact) mass is 870 g/mol. The Morgan fingerprint density at radius 2 is 0.806 bits per heavy atom. The van der Waals surface area contributed by atoms with Crippen LogP contribution in [0.1, 0.15) is 271 Å². The summed E-state index contributed by atoms with van der Waals surface area (Å²) in [6, 6.07) is -0.635. The number of allylic oxidation sites excluding steroid dienone is 7. The number of aliphatic hydroxyl groups excluding tert-OH is 2. The van der Waals surface area contributed by atoms with E-state index in [1.54, 1.807) is 6.08 Å². The molecule has 0 radical (unpaired) electrons. The molecule has 0 aromatic carbocycles. The van der Waals surface area contributed by atoms with Crippen molar-refractivity contribution in [1.29, 1.82) is 0 Å². The van der Waals surface area contributed by atoms with E-state index in [1.165, 1.54) is 167 Å². The van der Waals surface area contributed by atoms with Gasteiger partial charge in [-0.1, -0.05) is 217 Å². The lowest BCUT2D eigenvalue weighted by Crippen LogP contribution is -2.45. The van der Waals surface area contributed by atoms with Crippen molar-refractivity contribution < 1.29 is 24.5 Å². The van der Waals surface area contributed by atoms with E-state index in [2.05, 4.69) is 55.6 Å². The van der Waals surface area contributed by atoms with Gasteiger partial charge in [-0.3, -0.25) is 9.59 Å². The lowest BCUT2D eigenvalue weighted by Gasteiger charge is -2.20. The Kier molecular flexibility index (Phi) is 49.6. The standard InChI is InChI=1S/C56H103NO5/c1-3-5-7-9-11-13-15-16-22-26-30-34-38-42-46-50-56(61)62-51-47-43-39-35-31-27-24-21-19-17-18-20-23-25-29-33-37-41-45-49-55(60)57-53(52-58)54(59)48-44-40-36-32-28-14-12-10-8-6-4-2/h16,21-22,24,27,31,44,48,53-54,58-59H,3-15,17-20,23,25-26,28-30,32-43,45-47,49-52H2,1-2H3,(H,57,60)/b22-16-,24-21-,31-27-,48-44+. The molecule has 0 aliphatic rings. The molecular formula is C56H103NO5. The summed E-state index contributed by atoms with van der Waals surface area (Å²) in [6.07, 6.45) is 64.1. The van der Waals surface area contributed by atoms with Crippen LogP contribution in [0.25, 0.3) is 0 Å². The maximum absolute atomic E-state index is 12.4. The van der Waals surface area contributed by atoms with Crippen LogP contribution >= 0.6 is 0 Å². The van der Waals surface area contributed by atoms with Crippen LogP contribution in [0, 0.1) is 0 Å². The molecule has 0 spiro atoms. The molecule has 2 atom stereocenters. The lowest BCUT2D eigenvalue weighted by molar-refractivity contribution is -0.143. The van der Waals surface area contributed by atoms with Gasteiger partial charge in [0.2, 0.25) is 5.91 Å². The largest absolute Gasteiger partial charge is 0.466 e. The zero-order chi connectivity index (χ0) is 45.1. The molecule has 0 saturated carbocycles. The number of carbonyl (C=O) groups excluding carboxylic acids is 2. The Labute approximate surface area is 385 Å². The third-order valence-corrected chi connectivity index (χ3v) is 12.1. The summed E-state index contributed by atoms with van der Waals surface area (Å²) in [7, 11) is 0. The van der Waals surface area contributed by atoms with Crippen LogP contribution < -0.4 is 5.32 Å². The molecule has 0 rings (SSSR count). The second-order valence-electron chi connectivity index (χ2n) is 18.2. The van der Waals surface area contributed by atoms with Gasteiger partial charge in [0, 0.05) is 12.8 Å². The topological polar surface area (TPSA) is 95.9 Å². The highest BCUT2D eigenvalue weighted by atomic mass is 16.5. The summed E-state index contributed by atoms with van der Waals surface area (Å²) in [4.78, 5) is 24.4. The number of hydrogen-bond donors (Lipinski definition) is 3. The van der Waals surface area contributed by atoms with Crippen molar-refractivity contribution in [2.24, 2.45) is 0 Å². The zero-order valence-corrected chi connectivity index (χ0v) is 41.1. The normalized spacial score (nSPS) is 13.0. The van der Waals surface area contributed by atoms with Crippen molar-refractivity contribution >= 4 is 11.9 Å². The summed E-state index contributed by atoms with van der Waals surface area (Å²) in [5.74, 6) is -0.103. The van der Waals surface area contributed by atoms with E-state index in [4.69, 9.17) is 4.74 Å². The lowest BCUT2D eigenvalue weighted by atomic mass is 10.0. The fraction of sp³-hybridized carbons (Fsp3) is 0.821. The SMILES string of the molecule is CCCCCCCC/C=C\CCCCCCCC(=O)OCCCCC/C=C\C=C/CCCCCCCCCCCCC(=O)NC(CO)C(O)/C=C/CCCCCCCCCCC. The number of amides is 1. The van der Waals surface area contributed by atoms with Crippen LogP contribution in [0.15, 0.2) is 48.6 Å². The highest BCUT2D eigenvalue weighted by Gasteiger charge is 2.18. The quantitative estimate of drug-likeness (QED) is 0.0245. The summed E-state index contributed by atoms with van der Waals surface area (Å²) in [5, 5.41) is 23.0. The van der Waals surface area contributed by atoms with Crippen molar-refractivity contribution in [3.05, 3.63) is 48.6 Å². The van der Waals surface area contributed by atoms with Gasteiger partial charge in [-0.2, -0.15) is 0 Å². The molecule has 0 bridgehead atoms. The summed E-state index contributed by atoms with van der Waals surface area (Å²) in [5.41, 5.74) is 0. The molecule has 6 nitrogen and oxygen atoms in total. The molecule has 0 saturated heterocycles. The molecule has 2 unspecified atom stereocenters. The molecule has 0 aliphatic carbocycles. The highest BCUT2D eigenvalue weighted by molar-refractivity contribution is 5.76. The Morgan fingerprint density at radius 3 is 1.24 bits per heavy atom. The van der Waals surface area contributed by atoms with Gasteiger partial charge >= 0.3 is 5.97 Å². The smallest absolute Gasteiger partial charge is 0.305 e. The van der Waals surface area contributed by atoms with E-state index in [9.17, 15) is 19.8 Å². The first-order valence-corrected chi connectivity index (χ1v) is 26.9. The van der Waals surface area contributed by atoms with Gasteiger partial charge in [-0.25, -0.2) is 0 Å². The van der Waals surface area contributed by atoms with E-state index < -0.39 is 12.1 Å². The van der Waals surface area contributed by atoms with Crippen LogP contribution in [-0.2, 0) is 14.3 Å². The predicted octanol–water partition coefficient (Wildman–Crippen LogP) is 16.2. The first-order valence-electron chi connectivity index (χ1n) is 26.9. The predicted molar refractivity (Wildman–Crippen MR) is 269 cm³/mol. The van der Waals surface area contributed by atoms with Crippen LogP contribution in [0.5, 0.6) is 0 Å². The molecule has 0 aliphatic heterocycles. The molecule has 0 fully saturated rings. The van der Waals surface area contributed by atoms with Gasteiger partial charge in [0.25, 0.3) is 0 Å². The molecule has 0 heterocycles. The van der Waals surface area contributed by atoms with Crippen LogP contribution in [0.2, 0.25) is 0 Å². The fourth-order valence-electron chi connectivity index (χ4n) is 7.91. The second kappa shape index (κ2) is 51.5. The van der Waals surface area contributed by atoms with E-state index in [-0.39, 0.29) is 18.5 Å². The Bertz CT molecular complexity index is 1050. The second-order valence-corrected chi connectivity index (χ2v) is 18.2. The van der Waals surface area contributed by atoms with Gasteiger partial charge < -0.3 is 20.3 Å². The van der Waals surface area contributed by atoms with Gasteiger partial charge in [-0.05, 0) is 89.9 Å². The number of hydrogen-bond acceptors (Lipinski definition) is 5. The summed E-state index contributed by atoms with van der Waals surface area (Å²) < 4.78 is 5.44. The third kappa shape index (κ3) is 47.3. The Morgan fingerprint density at radius 1 is 0.452 bits per heavy atom. The first kappa shape index (κ1) is 59.8. The van der Waals surface area contributed by atoms with Crippen molar-refractivity contribution in [3.8, 4) is 0 Å². The van der Waals surface area contributed by atoms with Crippen molar-refractivity contribution in [2.75, 3.05) is 13.2 Å². The maximum Gasteiger partial charge on any atom is 0.305 e. The van der Waals surface area contributed by atoms with Crippen molar-refractivity contribution in [1.82, 2.24) is 5.32 Å². The number of nitrogens with one attached hydrogen (secondary N) is 1. The number of rotatable bonds is 49. The van der Waals surface area contributed by atoms with E-state index in [0.717, 1.165) is 77.0 Å². The van der Waals surface area contributed by atoms with Crippen LogP contribution in [0.3, 0.4) is 0 Å². The minimum absolute atomic E-state index is 0.0230. The van der Waals surface area contributed by atoms with Gasteiger partial charge in [0.15, 0.2) is 0 Å². The van der Waals surface area contributed by atoms with E-state index >= 15 is 0 Å². The zero-order valence-electron chi connectivity index (χ0n) is 41.1.